The molecule has 0 amide bonds. The van der Waals surface area contributed by atoms with Crippen molar-refractivity contribution in [2.45, 2.75) is 19.3 Å². The molecule has 0 saturated heterocycles. The van der Waals surface area contributed by atoms with E-state index in [-0.39, 0.29) is 5.41 Å². The van der Waals surface area contributed by atoms with Crippen molar-refractivity contribution in [1.29, 1.82) is 0 Å². The SMILES string of the molecule is CC1(C)c2cc(-c3c4ccccc4c(-c4ccc5oc6cc7ccccc7cc6c5c4)c4ccccc34)ccc2-c2cc3ccccc3cc21. The molecule has 0 spiro atoms. The fourth-order valence-electron chi connectivity index (χ4n) is 8.95. The second kappa shape index (κ2) is 9.94. The van der Waals surface area contributed by atoms with E-state index in [4.69, 9.17) is 4.42 Å². The summed E-state index contributed by atoms with van der Waals surface area (Å²) in [5.41, 5.74) is 12.2. The van der Waals surface area contributed by atoms with Crippen LogP contribution in [0.2, 0.25) is 0 Å². The van der Waals surface area contributed by atoms with Gasteiger partial charge < -0.3 is 4.42 Å². The van der Waals surface area contributed by atoms with Crippen LogP contribution >= 0.6 is 0 Å². The topological polar surface area (TPSA) is 13.1 Å². The number of fused-ring (bicyclic) bond motifs is 10. The first-order valence-corrected chi connectivity index (χ1v) is 17.5. The normalized spacial score (nSPS) is 13.6. The molecule has 1 aliphatic rings. The maximum Gasteiger partial charge on any atom is 0.136 e. The third-order valence-corrected chi connectivity index (χ3v) is 11.4. The molecule has 1 aromatic heterocycles. The van der Waals surface area contributed by atoms with Gasteiger partial charge in [-0.25, -0.2) is 0 Å². The zero-order chi connectivity index (χ0) is 33.1. The molecule has 0 aliphatic heterocycles. The summed E-state index contributed by atoms with van der Waals surface area (Å²) in [6.07, 6.45) is 0. The van der Waals surface area contributed by atoms with E-state index in [0.29, 0.717) is 0 Å². The van der Waals surface area contributed by atoms with Gasteiger partial charge in [-0.15, -0.1) is 0 Å². The molecule has 50 heavy (non-hydrogen) atoms. The van der Waals surface area contributed by atoms with Crippen LogP contribution in [0.25, 0.3) is 98.4 Å². The number of hydrogen-bond donors (Lipinski definition) is 0. The molecule has 1 aliphatic carbocycles. The molecule has 0 atom stereocenters. The van der Waals surface area contributed by atoms with Crippen LogP contribution in [0.15, 0.2) is 162 Å². The van der Waals surface area contributed by atoms with Crippen LogP contribution < -0.4 is 0 Å². The van der Waals surface area contributed by atoms with Crippen molar-refractivity contribution >= 4 is 65.0 Å². The van der Waals surface area contributed by atoms with E-state index in [1.807, 2.05) is 0 Å². The summed E-state index contributed by atoms with van der Waals surface area (Å²) in [5.74, 6) is 0. The molecular formula is C49H32O. The largest absolute Gasteiger partial charge is 0.456 e. The Morgan fingerprint density at radius 3 is 1.48 bits per heavy atom. The number of rotatable bonds is 2. The van der Waals surface area contributed by atoms with Gasteiger partial charge in [-0.1, -0.05) is 129 Å². The fraction of sp³-hybridized carbons (Fsp3) is 0.0612. The average molecular weight is 637 g/mol. The van der Waals surface area contributed by atoms with Gasteiger partial charge in [-0.05, 0) is 130 Å². The van der Waals surface area contributed by atoms with Crippen molar-refractivity contribution in [2.75, 3.05) is 0 Å². The molecule has 0 radical (unpaired) electrons. The van der Waals surface area contributed by atoms with Gasteiger partial charge in [0, 0.05) is 16.2 Å². The van der Waals surface area contributed by atoms with Gasteiger partial charge in [0.15, 0.2) is 0 Å². The lowest BCUT2D eigenvalue weighted by atomic mass is 9.80. The van der Waals surface area contributed by atoms with Crippen LogP contribution in [-0.4, -0.2) is 0 Å². The van der Waals surface area contributed by atoms with Crippen LogP contribution in [0.4, 0.5) is 0 Å². The summed E-state index contributed by atoms with van der Waals surface area (Å²) in [4.78, 5) is 0. The van der Waals surface area contributed by atoms with E-state index in [0.717, 1.165) is 21.9 Å². The Bertz CT molecular complexity index is 3010. The predicted molar refractivity (Wildman–Crippen MR) is 212 cm³/mol. The minimum atomic E-state index is -0.107. The Hall–Kier alpha value is -6.18. The highest BCUT2D eigenvalue weighted by Crippen LogP contribution is 2.52. The Morgan fingerprint density at radius 2 is 0.840 bits per heavy atom. The number of benzene rings is 9. The highest BCUT2D eigenvalue weighted by atomic mass is 16.3. The molecule has 0 fully saturated rings. The van der Waals surface area contributed by atoms with Crippen LogP contribution in [0.1, 0.15) is 25.0 Å². The lowest BCUT2D eigenvalue weighted by Gasteiger charge is -2.23. The molecule has 1 heterocycles. The molecular weight excluding hydrogens is 605 g/mol. The van der Waals surface area contributed by atoms with Crippen molar-refractivity contribution in [2.24, 2.45) is 0 Å². The Balaban J connectivity index is 1.15. The van der Waals surface area contributed by atoms with E-state index in [1.165, 1.54) is 87.6 Å². The summed E-state index contributed by atoms with van der Waals surface area (Å²) in [7, 11) is 0. The Kier molecular flexibility index (Phi) is 5.51. The molecule has 234 valence electrons. The average Bonchev–Trinajstić information content (AvgIpc) is 3.61. The molecule has 9 aromatic carbocycles. The van der Waals surface area contributed by atoms with Gasteiger partial charge in [0.1, 0.15) is 11.2 Å². The Labute approximate surface area is 290 Å². The second-order valence-electron chi connectivity index (χ2n) is 14.5. The first-order valence-electron chi connectivity index (χ1n) is 17.5. The third-order valence-electron chi connectivity index (χ3n) is 11.4. The van der Waals surface area contributed by atoms with Gasteiger partial charge in [0.2, 0.25) is 0 Å². The van der Waals surface area contributed by atoms with Gasteiger partial charge >= 0.3 is 0 Å². The molecule has 0 saturated carbocycles. The smallest absolute Gasteiger partial charge is 0.136 e. The molecule has 0 bridgehead atoms. The lowest BCUT2D eigenvalue weighted by Crippen LogP contribution is -2.15. The standard InChI is InChI=1S/C49H32O/c1-49(2)43-27-34(19-21-35(43)40-23-29-11-3-5-13-31(29)26-44(40)49)48-38-17-9-7-15-36(38)47(37-16-8-10-18-39(37)48)33-20-22-45-41(25-33)42-24-30-12-4-6-14-32(30)28-46(42)50-45/h3-28H,1-2H3. The second-order valence-corrected chi connectivity index (χ2v) is 14.5. The van der Waals surface area contributed by atoms with E-state index in [9.17, 15) is 0 Å². The van der Waals surface area contributed by atoms with Crippen molar-refractivity contribution in [1.82, 2.24) is 0 Å². The number of furan rings is 1. The van der Waals surface area contributed by atoms with Crippen LogP contribution in [0.5, 0.6) is 0 Å². The summed E-state index contributed by atoms with van der Waals surface area (Å²) in [6.45, 7) is 4.77. The zero-order valence-corrected chi connectivity index (χ0v) is 27.9. The zero-order valence-electron chi connectivity index (χ0n) is 27.9. The molecule has 10 aromatic rings. The molecule has 11 rings (SSSR count). The van der Waals surface area contributed by atoms with E-state index < -0.39 is 0 Å². The van der Waals surface area contributed by atoms with Crippen molar-refractivity contribution in [3.8, 4) is 33.4 Å². The van der Waals surface area contributed by atoms with Gasteiger partial charge in [-0.3, -0.25) is 0 Å². The van der Waals surface area contributed by atoms with Gasteiger partial charge in [-0.2, -0.15) is 0 Å². The molecule has 0 N–H and O–H groups in total. The Morgan fingerprint density at radius 1 is 0.360 bits per heavy atom. The van der Waals surface area contributed by atoms with Crippen LogP contribution in [-0.2, 0) is 5.41 Å². The first-order chi connectivity index (χ1) is 24.5. The van der Waals surface area contributed by atoms with E-state index in [1.54, 1.807) is 0 Å². The van der Waals surface area contributed by atoms with Gasteiger partial charge in [0.05, 0.1) is 0 Å². The van der Waals surface area contributed by atoms with Crippen molar-refractivity contribution in [3.05, 3.63) is 169 Å². The first kappa shape index (κ1) is 27.7. The lowest BCUT2D eigenvalue weighted by molar-refractivity contribution is 0.661. The van der Waals surface area contributed by atoms with Crippen LogP contribution in [0.3, 0.4) is 0 Å². The maximum atomic E-state index is 6.40. The summed E-state index contributed by atoms with van der Waals surface area (Å²) in [5, 5.41) is 12.4. The minimum Gasteiger partial charge on any atom is -0.456 e. The molecule has 1 heteroatoms. The van der Waals surface area contributed by atoms with Crippen molar-refractivity contribution < 1.29 is 4.42 Å². The van der Waals surface area contributed by atoms with Crippen LogP contribution in [0, 0.1) is 0 Å². The minimum absolute atomic E-state index is 0.107. The van der Waals surface area contributed by atoms with E-state index >= 15 is 0 Å². The van der Waals surface area contributed by atoms with E-state index in [2.05, 4.69) is 172 Å². The highest BCUT2D eigenvalue weighted by molar-refractivity contribution is 6.22. The van der Waals surface area contributed by atoms with Gasteiger partial charge in [0.25, 0.3) is 0 Å². The highest BCUT2D eigenvalue weighted by Gasteiger charge is 2.36. The molecule has 1 nitrogen and oxygen atoms in total. The summed E-state index contributed by atoms with van der Waals surface area (Å²) < 4.78 is 6.40. The molecule has 0 unspecified atom stereocenters. The maximum absolute atomic E-state index is 6.40. The summed E-state index contributed by atoms with van der Waals surface area (Å²) >= 11 is 0. The summed E-state index contributed by atoms with van der Waals surface area (Å²) in [6, 6.07) is 58.3. The number of hydrogen-bond acceptors (Lipinski definition) is 1. The predicted octanol–water partition coefficient (Wildman–Crippen LogP) is 13.8. The fourth-order valence-corrected chi connectivity index (χ4v) is 8.95. The van der Waals surface area contributed by atoms with Crippen molar-refractivity contribution in [3.63, 3.8) is 0 Å². The quantitative estimate of drug-likeness (QED) is 0.172. The third kappa shape index (κ3) is 3.78. The monoisotopic (exact) mass is 636 g/mol.